The van der Waals surface area contributed by atoms with Gasteiger partial charge in [0.25, 0.3) is 0 Å². The van der Waals surface area contributed by atoms with E-state index in [1.54, 1.807) is 18.0 Å². The fraction of sp³-hybridized carbons (Fsp3) is 0.333. The normalized spacial score (nSPS) is 12.4. The lowest BCUT2D eigenvalue weighted by atomic mass is 10.1. The Labute approximate surface area is 100 Å². The summed E-state index contributed by atoms with van der Waals surface area (Å²) < 4.78 is 6.91. The zero-order valence-corrected chi connectivity index (χ0v) is 10.00. The van der Waals surface area contributed by atoms with Crippen LogP contribution < -0.4 is 10.5 Å². The van der Waals surface area contributed by atoms with Gasteiger partial charge in [0, 0.05) is 6.54 Å². The van der Waals surface area contributed by atoms with Crippen LogP contribution >= 0.6 is 0 Å². The molecule has 1 aromatic carbocycles. The van der Waals surface area contributed by atoms with E-state index in [0.29, 0.717) is 0 Å². The fourth-order valence-corrected chi connectivity index (χ4v) is 1.73. The van der Waals surface area contributed by atoms with E-state index in [2.05, 4.69) is 10.3 Å². The third kappa shape index (κ3) is 2.29. The molecule has 1 atom stereocenters. The maximum Gasteiger partial charge on any atom is 0.118 e. The van der Waals surface area contributed by atoms with Gasteiger partial charge in [0.15, 0.2) is 0 Å². The Morgan fingerprint density at radius 2 is 2.06 bits per heavy atom. The van der Waals surface area contributed by atoms with Gasteiger partial charge in [-0.1, -0.05) is 17.3 Å². The largest absolute Gasteiger partial charge is 0.497 e. The molecule has 17 heavy (non-hydrogen) atoms. The van der Waals surface area contributed by atoms with Crippen molar-refractivity contribution in [2.45, 2.75) is 19.5 Å². The quantitative estimate of drug-likeness (QED) is 0.864. The maximum atomic E-state index is 6.19. The van der Waals surface area contributed by atoms with Crippen molar-refractivity contribution in [2.24, 2.45) is 5.73 Å². The molecule has 2 aromatic rings. The summed E-state index contributed by atoms with van der Waals surface area (Å²) in [4.78, 5) is 0. The average molecular weight is 232 g/mol. The summed E-state index contributed by atoms with van der Waals surface area (Å²) in [6.45, 7) is 2.78. The monoisotopic (exact) mass is 232 g/mol. The number of hydrogen-bond donors (Lipinski definition) is 1. The van der Waals surface area contributed by atoms with Crippen LogP contribution in [-0.4, -0.2) is 22.1 Å². The highest BCUT2D eigenvalue weighted by atomic mass is 16.5. The first-order chi connectivity index (χ1) is 8.26. The number of benzene rings is 1. The molecule has 0 spiro atoms. The number of rotatable bonds is 4. The molecule has 1 aromatic heterocycles. The van der Waals surface area contributed by atoms with Crippen LogP contribution in [-0.2, 0) is 6.54 Å². The van der Waals surface area contributed by atoms with E-state index in [1.165, 1.54) is 0 Å². The van der Waals surface area contributed by atoms with E-state index in [9.17, 15) is 0 Å². The SMILES string of the molecule is CCn1nncc1C(N)c1ccc(OC)cc1. The van der Waals surface area contributed by atoms with Crippen LogP contribution in [0.4, 0.5) is 0 Å². The van der Waals surface area contributed by atoms with Gasteiger partial charge in [-0.05, 0) is 24.6 Å². The van der Waals surface area contributed by atoms with Crippen molar-refractivity contribution >= 4 is 0 Å². The molecule has 0 aliphatic heterocycles. The summed E-state index contributed by atoms with van der Waals surface area (Å²) in [7, 11) is 1.64. The number of aryl methyl sites for hydroxylation is 1. The van der Waals surface area contributed by atoms with Crippen molar-refractivity contribution in [2.75, 3.05) is 7.11 Å². The summed E-state index contributed by atoms with van der Waals surface area (Å²) >= 11 is 0. The van der Waals surface area contributed by atoms with Gasteiger partial charge in [0.05, 0.1) is 25.0 Å². The zero-order chi connectivity index (χ0) is 12.3. The van der Waals surface area contributed by atoms with Gasteiger partial charge in [0.2, 0.25) is 0 Å². The summed E-state index contributed by atoms with van der Waals surface area (Å²) in [6, 6.07) is 7.49. The highest BCUT2D eigenvalue weighted by molar-refractivity contribution is 5.32. The molecule has 0 saturated heterocycles. The molecular formula is C12H16N4O. The molecule has 1 heterocycles. The van der Waals surface area contributed by atoms with E-state index in [0.717, 1.165) is 23.6 Å². The Balaban J connectivity index is 2.27. The van der Waals surface area contributed by atoms with Gasteiger partial charge >= 0.3 is 0 Å². The highest BCUT2D eigenvalue weighted by Crippen LogP contribution is 2.21. The van der Waals surface area contributed by atoms with Crippen LogP contribution in [0.15, 0.2) is 30.5 Å². The standard InChI is InChI=1S/C12H16N4O/c1-3-16-11(8-14-15-16)12(13)9-4-6-10(17-2)7-5-9/h4-8,12H,3,13H2,1-2H3. The molecule has 0 bridgehead atoms. The molecular weight excluding hydrogens is 216 g/mol. The minimum Gasteiger partial charge on any atom is -0.497 e. The van der Waals surface area contributed by atoms with Crippen LogP contribution in [0, 0.1) is 0 Å². The number of nitrogens with zero attached hydrogens (tertiary/aromatic N) is 3. The lowest BCUT2D eigenvalue weighted by Crippen LogP contribution is -2.17. The Hall–Kier alpha value is -1.88. The summed E-state index contributed by atoms with van der Waals surface area (Å²) in [5.41, 5.74) is 8.12. The van der Waals surface area contributed by atoms with Crippen LogP contribution in [0.5, 0.6) is 5.75 Å². The van der Waals surface area contributed by atoms with Crippen molar-refractivity contribution in [3.63, 3.8) is 0 Å². The number of methoxy groups -OCH3 is 1. The molecule has 90 valence electrons. The van der Waals surface area contributed by atoms with Crippen molar-refractivity contribution in [1.82, 2.24) is 15.0 Å². The Morgan fingerprint density at radius 3 is 2.65 bits per heavy atom. The predicted molar refractivity (Wildman–Crippen MR) is 64.7 cm³/mol. The second-order valence-electron chi connectivity index (χ2n) is 3.73. The minimum atomic E-state index is -0.212. The van der Waals surface area contributed by atoms with Gasteiger partial charge in [-0.15, -0.1) is 5.10 Å². The Kier molecular flexibility index (Phi) is 3.39. The summed E-state index contributed by atoms with van der Waals surface area (Å²) in [5, 5.41) is 7.86. The van der Waals surface area contributed by atoms with Gasteiger partial charge in [-0.25, -0.2) is 4.68 Å². The van der Waals surface area contributed by atoms with Crippen LogP contribution in [0.2, 0.25) is 0 Å². The molecule has 1 unspecified atom stereocenters. The van der Waals surface area contributed by atoms with Gasteiger partial charge in [0.1, 0.15) is 5.75 Å². The van der Waals surface area contributed by atoms with Crippen molar-refractivity contribution < 1.29 is 4.74 Å². The molecule has 2 rings (SSSR count). The number of hydrogen-bond acceptors (Lipinski definition) is 4. The Bertz CT molecular complexity index is 478. The second kappa shape index (κ2) is 4.97. The van der Waals surface area contributed by atoms with Gasteiger partial charge in [-0.2, -0.15) is 0 Å². The number of aromatic nitrogens is 3. The predicted octanol–water partition coefficient (Wildman–Crippen LogP) is 1.35. The molecule has 5 heteroatoms. The van der Waals surface area contributed by atoms with Crippen molar-refractivity contribution in [3.8, 4) is 5.75 Å². The molecule has 2 N–H and O–H groups in total. The van der Waals surface area contributed by atoms with Crippen molar-refractivity contribution in [1.29, 1.82) is 0 Å². The van der Waals surface area contributed by atoms with E-state index in [-0.39, 0.29) is 6.04 Å². The fourth-order valence-electron chi connectivity index (χ4n) is 1.73. The third-order valence-electron chi connectivity index (χ3n) is 2.74. The van der Waals surface area contributed by atoms with E-state index < -0.39 is 0 Å². The third-order valence-corrected chi connectivity index (χ3v) is 2.74. The first-order valence-corrected chi connectivity index (χ1v) is 5.54. The number of ether oxygens (including phenoxy) is 1. The molecule has 0 fully saturated rings. The van der Waals surface area contributed by atoms with Gasteiger partial charge < -0.3 is 10.5 Å². The summed E-state index contributed by atoms with van der Waals surface area (Å²) in [5.74, 6) is 0.822. The average Bonchev–Trinajstić information content (AvgIpc) is 2.86. The Morgan fingerprint density at radius 1 is 1.35 bits per heavy atom. The highest BCUT2D eigenvalue weighted by Gasteiger charge is 2.14. The molecule has 0 aliphatic carbocycles. The lowest BCUT2D eigenvalue weighted by Gasteiger charge is -2.13. The molecule has 0 amide bonds. The molecule has 5 nitrogen and oxygen atoms in total. The molecule has 0 aliphatic rings. The van der Waals surface area contributed by atoms with Crippen LogP contribution in [0.1, 0.15) is 24.2 Å². The lowest BCUT2D eigenvalue weighted by molar-refractivity contribution is 0.414. The van der Waals surface area contributed by atoms with E-state index >= 15 is 0 Å². The first-order valence-electron chi connectivity index (χ1n) is 5.54. The number of nitrogens with two attached hydrogens (primary N) is 1. The second-order valence-corrected chi connectivity index (χ2v) is 3.73. The minimum absolute atomic E-state index is 0.212. The van der Waals surface area contributed by atoms with Gasteiger partial charge in [-0.3, -0.25) is 0 Å². The van der Waals surface area contributed by atoms with E-state index in [1.807, 2.05) is 31.2 Å². The molecule has 0 radical (unpaired) electrons. The summed E-state index contributed by atoms with van der Waals surface area (Å²) in [6.07, 6.45) is 1.71. The zero-order valence-electron chi connectivity index (χ0n) is 10.00. The first kappa shape index (κ1) is 11.6. The van der Waals surface area contributed by atoms with Crippen LogP contribution in [0.3, 0.4) is 0 Å². The molecule has 0 saturated carbocycles. The maximum absolute atomic E-state index is 6.19. The van der Waals surface area contributed by atoms with E-state index in [4.69, 9.17) is 10.5 Å². The van der Waals surface area contributed by atoms with Crippen molar-refractivity contribution in [3.05, 3.63) is 41.7 Å². The topological polar surface area (TPSA) is 66.0 Å². The van der Waals surface area contributed by atoms with Crippen LogP contribution in [0.25, 0.3) is 0 Å². The smallest absolute Gasteiger partial charge is 0.118 e.